The minimum atomic E-state index is -1.02. The Bertz CT molecular complexity index is 521. The molecule has 1 aromatic rings. The molecule has 0 radical (unpaired) electrons. The maximum atomic E-state index is 11.2. The van der Waals surface area contributed by atoms with Crippen molar-refractivity contribution < 1.29 is 24.5 Å². The smallest absolute Gasteiger partial charge is 0.314 e. The third-order valence-electron chi connectivity index (χ3n) is 3.25. The molecule has 1 saturated carbocycles. The van der Waals surface area contributed by atoms with Crippen LogP contribution in [0.4, 0.5) is 0 Å². The van der Waals surface area contributed by atoms with Crippen molar-refractivity contribution in [3.05, 3.63) is 16.7 Å². The van der Waals surface area contributed by atoms with Gasteiger partial charge in [-0.3, -0.25) is 4.79 Å². The number of carbonyl (C=O) groups is 1. The Morgan fingerprint density at radius 1 is 1.41 bits per heavy atom. The Balaban J connectivity index is 2.19. The van der Waals surface area contributed by atoms with E-state index in [1.54, 1.807) is 0 Å². The first-order chi connectivity index (χ1) is 8.06. The topological polar surface area (TPSA) is 76.0 Å². The average Bonchev–Trinajstić information content (AvgIpc) is 2.97. The van der Waals surface area contributed by atoms with Gasteiger partial charge >= 0.3 is 5.97 Å². The largest absolute Gasteiger partial charge is 0.506 e. The highest BCUT2D eigenvalue weighted by Crippen LogP contribution is 2.56. The van der Waals surface area contributed by atoms with Crippen molar-refractivity contribution in [1.82, 2.24) is 0 Å². The molecule has 1 aromatic carbocycles. The van der Waals surface area contributed by atoms with Crippen molar-refractivity contribution >= 4 is 17.6 Å². The van der Waals surface area contributed by atoms with E-state index >= 15 is 0 Å². The Labute approximate surface area is 102 Å². The maximum absolute atomic E-state index is 11.2. The van der Waals surface area contributed by atoms with Gasteiger partial charge in [0.25, 0.3) is 0 Å². The fraction of sp³-hybridized carbons (Fsp3) is 0.364. The lowest BCUT2D eigenvalue weighted by atomic mass is 9.94. The van der Waals surface area contributed by atoms with Crippen LogP contribution in [0.15, 0.2) is 6.07 Å². The molecule has 0 atom stereocenters. The molecule has 1 aliphatic carbocycles. The number of phenolic OH excluding ortho intramolecular Hbond substituents is 1. The second-order valence-corrected chi connectivity index (χ2v) is 4.59. The van der Waals surface area contributed by atoms with Crippen LogP contribution in [0.2, 0.25) is 5.02 Å². The number of benzene rings is 1. The highest BCUT2D eigenvalue weighted by atomic mass is 35.5. The second kappa shape index (κ2) is 3.20. The van der Waals surface area contributed by atoms with E-state index in [1.165, 1.54) is 6.07 Å². The van der Waals surface area contributed by atoms with Crippen molar-refractivity contribution in [1.29, 1.82) is 0 Å². The number of ether oxygens (including phenoxy) is 2. The minimum Gasteiger partial charge on any atom is -0.506 e. The molecular formula is C11H9ClO5. The van der Waals surface area contributed by atoms with E-state index in [2.05, 4.69) is 0 Å². The highest BCUT2D eigenvalue weighted by Gasteiger charge is 2.54. The van der Waals surface area contributed by atoms with E-state index in [1.807, 2.05) is 0 Å². The van der Waals surface area contributed by atoms with E-state index in [-0.39, 0.29) is 23.3 Å². The number of phenols is 1. The first-order valence-electron chi connectivity index (χ1n) is 5.11. The molecule has 1 aliphatic heterocycles. The maximum Gasteiger partial charge on any atom is 0.314 e. The van der Waals surface area contributed by atoms with Gasteiger partial charge in [-0.2, -0.15) is 0 Å². The molecule has 1 heterocycles. The SMILES string of the molecule is O=C(O)C1(c2cc3c(c(Cl)c2O)OCO3)CC1. The van der Waals surface area contributed by atoms with Gasteiger partial charge in [-0.1, -0.05) is 11.6 Å². The van der Waals surface area contributed by atoms with Gasteiger partial charge in [0.05, 0.1) is 5.41 Å². The van der Waals surface area contributed by atoms with Gasteiger partial charge in [-0.25, -0.2) is 0 Å². The molecule has 0 aromatic heterocycles. The zero-order valence-corrected chi connectivity index (χ0v) is 9.45. The van der Waals surface area contributed by atoms with E-state index in [0.717, 1.165) is 0 Å². The standard InChI is InChI=1S/C11H9ClO5/c12-7-8(13)5(11(1-2-11)10(14)15)3-6-9(7)17-4-16-6/h3,13H,1-2,4H2,(H,14,15). The number of aliphatic carboxylic acids is 1. The molecule has 3 rings (SSSR count). The summed E-state index contributed by atoms with van der Waals surface area (Å²) in [6.07, 6.45) is 0.984. The molecule has 2 N–H and O–H groups in total. The molecule has 0 unspecified atom stereocenters. The number of carboxylic acid groups (broad SMARTS) is 1. The number of hydrogen-bond donors (Lipinski definition) is 2. The van der Waals surface area contributed by atoms with Crippen LogP contribution in [0.3, 0.4) is 0 Å². The van der Waals surface area contributed by atoms with E-state index in [4.69, 9.17) is 21.1 Å². The van der Waals surface area contributed by atoms with Crippen molar-refractivity contribution in [3.63, 3.8) is 0 Å². The van der Waals surface area contributed by atoms with Gasteiger partial charge in [0.15, 0.2) is 11.5 Å². The molecule has 0 spiro atoms. The Morgan fingerprint density at radius 2 is 2.12 bits per heavy atom. The minimum absolute atomic E-state index is 0.0162. The number of rotatable bonds is 2. The summed E-state index contributed by atoms with van der Waals surface area (Å²) in [4.78, 5) is 11.2. The summed E-state index contributed by atoms with van der Waals surface area (Å²) < 4.78 is 10.3. The predicted octanol–water partition coefficient (Wildman–Crippen LogP) is 1.89. The monoisotopic (exact) mass is 256 g/mol. The zero-order valence-electron chi connectivity index (χ0n) is 8.70. The van der Waals surface area contributed by atoms with Crippen LogP contribution in [-0.2, 0) is 10.2 Å². The molecule has 0 saturated heterocycles. The number of carboxylic acids is 1. The van der Waals surface area contributed by atoms with Gasteiger partial charge in [-0.15, -0.1) is 0 Å². The van der Waals surface area contributed by atoms with Crippen LogP contribution < -0.4 is 9.47 Å². The lowest BCUT2D eigenvalue weighted by Crippen LogP contribution is -2.19. The molecule has 90 valence electrons. The first kappa shape index (κ1) is 10.5. The van der Waals surface area contributed by atoms with Crippen molar-refractivity contribution in [2.75, 3.05) is 6.79 Å². The van der Waals surface area contributed by atoms with Crippen LogP contribution in [0, 0.1) is 0 Å². The molecular weight excluding hydrogens is 248 g/mol. The Hall–Kier alpha value is -1.62. The van der Waals surface area contributed by atoms with Crippen molar-refractivity contribution in [2.45, 2.75) is 18.3 Å². The Kier molecular flexibility index (Phi) is 1.98. The van der Waals surface area contributed by atoms with Crippen LogP contribution in [-0.4, -0.2) is 23.0 Å². The summed E-state index contributed by atoms with van der Waals surface area (Å²) >= 11 is 5.93. The van der Waals surface area contributed by atoms with E-state index < -0.39 is 11.4 Å². The van der Waals surface area contributed by atoms with Crippen molar-refractivity contribution in [2.24, 2.45) is 0 Å². The number of aromatic hydroxyl groups is 1. The molecule has 2 aliphatic rings. The molecule has 0 amide bonds. The van der Waals surface area contributed by atoms with E-state index in [0.29, 0.717) is 24.2 Å². The van der Waals surface area contributed by atoms with Gasteiger partial charge in [0.1, 0.15) is 10.8 Å². The summed E-state index contributed by atoms with van der Waals surface area (Å²) in [6, 6.07) is 1.50. The number of hydrogen-bond acceptors (Lipinski definition) is 4. The lowest BCUT2D eigenvalue weighted by molar-refractivity contribution is -0.140. The third kappa shape index (κ3) is 1.29. The van der Waals surface area contributed by atoms with E-state index in [9.17, 15) is 15.0 Å². The molecule has 0 bridgehead atoms. The van der Waals surface area contributed by atoms with Crippen LogP contribution >= 0.6 is 11.6 Å². The highest BCUT2D eigenvalue weighted by molar-refractivity contribution is 6.34. The van der Waals surface area contributed by atoms with Gasteiger partial charge in [-0.05, 0) is 18.9 Å². The summed E-state index contributed by atoms with van der Waals surface area (Å²) in [5.41, 5.74) is -0.714. The summed E-state index contributed by atoms with van der Waals surface area (Å²) in [7, 11) is 0. The van der Waals surface area contributed by atoms with Crippen LogP contribution in [0.5, 0.6) is 17.2 Å². The third-order valence-corrected chi connectivity index (χ3v) is 3.60. The molecule has 5 nitrogen and oxygen atoms in total. The Morgan fingerprint density at radius 3 is 2.71 bits per heavy atom. The van der Waals surface area contributed by atoms with Crippen LogP contribution in [0.1, 0.15) is 18.4 Å². The summed E-state index contributed by atoms with van der Waals surface area (Å²) in [5.74, 6) is -0.525. The predicted molar refractivity (Wildman–Crippen MR) is 57.8 cm³/mol. The molecule has 6 heteroatoms. The normalized spacial score (nSPS) is 19.1. The summed E-state index contributed by atoms with van der Waals surface area (Å²) in [6.45, 7) is 0.0258. The second-order valence-electron chi connectivity index (χ2n) is 4.21. The lowest BCUT2D eigenvalue weighted by Gasteiger charge is -2.14. The molecule has 17 heavy (non-hydrogen) atoms. The van der Waals surface area contributed by atoms with Gasteiger partial charge in [0, 0.05) is 5.56 Å². The number of halogens is 1. The fourth-order valence-electron chi connectivity index (χ4n) is 2.08. The fourth-order valence-corrected chi connectivity index (χ4v) is 2.33. The quantitative estimate of drug-likeness (QED) is 0.845. The summed E-state index contributed by atoms with van der Waals surface area (Å²) in [5, 5.41) is 19.2. The van der Waals surface area contributed by atoms with Crippen LogP contribution in [0.25, 0.3) is 0 Å². The van der Waals surface area contributed by atoms with Crippen molar-refractivity contribution in [3.8, 4) is 17.2 Å². The van der Waals surface area contributed by atoms with Gasteiger partial charge < -0.3 is 19.7 Å². The first-order valence-corrected chi connectivity index (χ1v) is 5.49. The number of fused-ring (bicyclic) bond motifs is 1. The zero-order chi connectivity index (χ0) is 12.2. The van der Waals surface area contributed by atoms with Gasteiger partial charge in [0.2, 0.25) is 6.79 Å². The molecule has 1 fully saturated rings. The average molecular weight is 257 g/mol.